The Hall–Kier alpha value is -0.690. The molecular formula is C13H12Cl3F2N2O3P. The summed E-state index contributed by atoms with van der Waals surface area (Å²) in [6, 6.07) is 4.45. The Morgan fingerprint density at radius 1 is 1.33 bits per heavy atom. The first kappa shape index (κ1) is 19.6. The van der Waals surface area contributed by atoms with Gasteiger partial charge in [0, 0.05) is 17.0 Å². The summed E-state index contributed by atoms with van der Waals surface area (Å²) in [5.74, 6) is 0.0342. The van der Waals surface area contributed by atoms with Crippen LogP contribution in [-0.4, -0.2) is 24.5 Å². The summed E-state index contributed by atoms with van der Waals surface area (Å²) in [5, 5.41) is -1.46. The number of aromatic nitrogens is 2. The average Bonchev–Trinajstić information content (AvgIpc) is 2.75. The van der Waals surface area contributed by atoms with E-state index < -0.39 is 19.3 Å². The molecule has 1 aromatic heterocycles. The molecule has 0 radical (unpaired) electrons. The molecule has 2 rings (SSSR count). The van der Waals surface area contributed by atoms with E-state index in [4.69, 9.17) is 44.6 Å². The quantitative estimate of drug-likeness (QED) is 0.537. The lowest BCUT2D eigenvalue weighted by Crippen LogP contribution is -2.04. The molecule has 0 fully saturated rings. The lowest BCUT2D eigenvalue weighted by Gasteiger charge is -2.13. The van der Waals surface area contributed by atoms with Crippen LogP contribution in [0.15, 0.2) is 18.2 Å². The van der Waals surface area contributed by atoms with E-state index >= 15 is 0 Å². The van der Waals surface area contributed by atoms with Crippen molar-refractivity contribution in [2.24, 2.45) is 0 Å². The zero-order chi connectivity index (χ0) is 18.2. The van der Waals surface area contributed by atoms with Crippen LogP contribution in [0.25, 0.3) is 11.3 Å². The molecule has 0 aliphatic heterocycles. The fourth-order valence-corrected chi connectivity index (χ4v) is 3.25. The van der Waals surface area contributed by atoms with Gasteiger partial charge in [-0.25, -0.2) is 4.98 Å². The Morgan fingerprint density at radius 3 is 2.46 bits per heavy atom. The van der Waals surface area contributed by atoms with Gasteiger partial charge in [0.05, 0.1) is 0 Å². The van der Waals surface area contributed by atoms with Crippen molar-refractivity contribution in [3.63, 3.8) is 0 Å². The Balaban J connectivity index is 2.46. The molecule has 24 heavy (non-hydrogen) atoms. The van der Waals surface area contributed by atoms with E-state index in [0.29, 0.717) is 15.7 Å². The molecular weight excluding hydrogens is 407 g/mol. The maximum absolute atomic E-state index is 13.0. The number of imidazole rings is 1. The van der Waals surface area contributed by atoms with Crippen molar-refractivity contribution in [3.05, 3.63) is 39.8 Å². The number of hydrogen-bond acceptors (Lipinski definition) is 2. The predicted molar refractivity (Wildman–Crippen MR) is 89.1 cm³/mol. The topological polar surface area (TPSA) is 75.3 Å². The van der Waals surface area contributed by atoms with Gasteiger partial charge in [-0.15, -0.1) is 11.6 Å². The molecule has 11 heteroatoms. The van der Waals surface area contributed by atoms with Gasteiger partial charge in [0.2, 0.25) is 0 Å². The van der Waals surface area contributed by atoms with Crippen LogP contribution in [0.4, 0.5) is 8.78 Å². The highest BCUT2D eigenvalue weighted by atomic mass is 35.5. The van der Waals surface area contributed by atoms with Crippen molar-refractivity contribution < 1.29 is 23.1 Å². The predicted octanol–water partition coefficient (Wildman–Crippen LogP) is 4.85. The van der Waals surface area contributed by atoms with Crippen molar-refractivity contribution >= 4 is 42.4 Å². The van der Waals surface area contributed by atoms with E-state index in [9.17, 15) is 13.3 Å². The molecule has 0 aliphatic rings. The van der Waals surface area contributed by atoms with Crippen LogP contribution in [-0.2, 0) is 11.0 Å². The molecule has 2 aromatic rings. The fourth-order valence-electron chi connectivity index (χ4n) is 2.11. The third kappa shape index (κ3) is 4.10. The summed E-state index contributed by atoms with van der Waals surface area (Å²) in [6.07, 6.45) is -0.204. The summed E-state index contributed by atoms with van der Waals surface area (Å²) in [6.45, 7) is -1.45. The van der Waals surface area contributed by atoms with E-state index in [1.165, 1.54) is 25.1 Å². The Kier molecular flexibility index (Phi) is 5.95. The third-order valence-corrected chi connectivity index (χ3v) is 5.86. The van der Waals surface area contributed by atoms with Gasteiger partial charge in [-0.3, -0.25) is 9.13 Å². The Labute approximate surface area is 151 Å². The summed E-state index contributed by atoms with van der Waals surface area (Å²) >= 11 is 17.7. The number of rotatable bonds is 5. The molecule has 1 unspecified atom stereocenters. The van der Waals surface area contributed by atoms with Gasteiger partial charge in [0.1, 0.15) is 21.8 Å². The van der Waals surface area contributed by atoms with Crippen LogP contribution in [0.2, 0.25) is 10.2 Å². The van der Waals surface area contributed by atoms with E-state index in [1.807, 2.05) is 0 Å². The van der Waals surface area contributed by atoms with Crippen LogP contribution >= 0.6 is 42.4 Å². The second kappa shape index (κ2) is 7.28. The highest BCUT2D eigenvalue weighted by molar-refractivity contribution is 7.54. The van der Waals surface area contributed by atoms with Gasteiger partial charge in [0.15, 0.2) is 0 Å². The molecule has 0 amide bonds. The van der Waals surface area contributed by atoms with Gasteiger partial charge in [-0.2, -0.15) is 8.78 Å². The molecule has 1 heterocycles. The first-order valence-electron chi connectivity index (χ1n) is 6.53. The summed E-state index contributed by atoms with van der Waals surface area (Å²) in [4.78, 5) is 22.2. The Morgan fingerprint density at radius 2 is 1.96 bits per heavy atom. The third-order valence-electron chi connectivity index (χ3n) is 3.30. The number of benzene rings is 1. The van der Waals surface area contributed by atoms with Crippen molar-refractivity contribution in [2.45, 2.75) is 25.0 Å². The zero-order valence-corrected chi connectivity index (χ0v) is 15.3. The lowest BCUT2D eigenvalue weighted by atomic mass is 10.1. The molecule has 0 bridgehead atoms. The van der Waals surface area contributed by atoms with E-state index in [0.717, 1.165) is 0 Å². The Bertz CT molecular complexity index is 810. The minimum Gasteiger partial charge on any atom is -0.323 e. The second-order valence-electron chi connectivity index (χ2n) is 4.98. The minimum absolute atomic E-state index is 0.0342. The van der Waals surface area contributed by atoms with Crippen molar-refractivity contribution in [1.29, 1.82) is 0 Å². The lowest BCUT2D eigenvalue weighted by molar-refractivity contribution is 0.0683. The first-order chi connectivity index (χ1) is 11.0. The van der Waals surface area contributed by atoms with Gasteiger partial charge >= 0.3 is 14.1 Å². The SMILES string of the molecule is Cc1nc(-c2ccc(Cl)c(CC(Cl)P(=O)(O)O)c2)c(Cl)n1C(F)F. The largest absolute Gasteiger partial charge is 0.343 e. The maximum atomic E-state index is 13.0. The standard InChI is InChI=1S/C13H12Cl3F2N2O3P/c1-6-19-11(12(16)20(6)13(17)18)7-2-3-9(14)8(4-7)5-10(15)24(21,22)23/h2-4,10,13H,5H2,1H3,(H2,21,22,23). The van der Waals surface area contributed by atoms with Crippen LogP contribution in [0.3, 0.4) is 0 Å². The molecule has 132 valence electrons. The van der Waals surface area contributed by atoms with Crippen molar-refractivity contribution in [3.8, 4) is 11.3 Å². The van der Waals surface area contributed by atoms with E-state index in [2.05, 4.69) is 4.98 Å². The molecule has 1 atom stereocenters. The molecule has 0 aliphatic carbocycles. The van der Waals surface area contributed by atoms with Crippen molar-refractivity contribution in [2.75, 3.05) is 0 Å². The van der Waals surface area contributed by atoms with Crippen molar-refractivity contribution in [1.82, 2.24) is 9.55 Å². The van der Waals surface area contributed by atoms with Gasteiger partial charge < -0.3 is 9.79 Å². The van der Waals surface area contributed by atoms with Gasteiger partial charge in [-0.05, 0) is 24.6 Å². The summed E-state index contributed by atoms with van der Waals surface area (Å²) < 4.78 is 37.7. The molecule has 1 aromatic carbocycles. The first-order valence-corrected chi connectivity index (χ1v) is 9.40. The molecule has 5 nitrogen and oxygen atoms in total. The number of hydrogen-bond donors (Lipinski definition) is 2. The number of nitrogens with zero attached hydrogens (tertiary/aromatic N) is 2. The maximum Gasteiger partial charge on any atom is 0.343 e. The molecule has 2 N–H and O–H groups in total. The summed E-state index contributed by atoms with van der Waals surface area (Å²) in [5.41, 5.74) is 0.851. The number of halogens is 5. The van der Waals surface area contributed by atoms with Crippen LogP contribution < -0.4 is 0 Å². The highest BCUT2D eigenvalue weighted by Crippen LogP contribution is 2.46. The van der Waals surface area contributed by atoms with E-state index in [1.54, 1.807) is 0 Å². The van der Waals surface area contributed by atoms with Gasteiger partial charge in [-0.1, -0.05) is 29.3 Å². The van der Waals surface area contributed by atoms with Crippen LogP contribution in [0.5, 0.6) is 0 Å². The minimum atomic E-state index is -4.49. The average molecular weight is 420 g/mol. The second-order valence-corrected chi connectivity index (χ2v) is 8.38. The summed E-state index contributed by atoms with van der Waals surface area (Å²) in [7, 11) is -4.49. The highest BCUT2D eigenvalue weighted by Gasteiger charge is 2.28. The molecule has 0 saturated heterocycles. The zero-order valence-electron chi connectivity index (χ0n) is 12.1. The normalized spacial score (nSPS) is 13.5. The number of aryl methyl sites for hydroxylation is 1. The van der Waals surface area contributed by atoms with Gasteiger partial charge in [0.25, 0.3) is 0 Å². The molecule has 0 spiro atoms. The van der Waals surface area contributed by atoms with Crippen LogP contribution in [0.1, 0.15) is 17.9 Å². The monoisotopic (exact) mass is 418 g/mol. The van der Waals surface area contributed by atoms with E-state index in [-0.39, 0.29) is 28.1 Å². The smallest absolute Gasteiger partial charge is 0.323 e. The fraction of sp³-hybridized carbons (Fsp3) is 0.308. The van der Waals surface area contributed by atoms with Crippen LogP contribution in [0, 0.1) is 6.92 Å². The number of alkyl halides is 3. The molecule has 0 saturated carbocycles.